The predicted molar refractivity (Wildman–Crippen MR) is 48.8 cm³/mol. The molecule has 16 heavy (non-hydrogen) atoms. The third kappa shape index (κ3) is 3.11. The summed E-state index contributed by atoms with van der Waals surface area (Å²) < 4.78 is 66.2. The minimum atomic E-state index is -5.53. The van der Waals surface area contributed by atoms with Gasteiger partial charge in [0, 0.05) is 13.5 Å². The molecule has 1 aliphatic carbocycles. The van der Waals surface area contributed by atoms with Crippen molar-refractivity contribution in [2.75, 3.05) is 7.11 Å². The van der Waals surface area contributed by atoms with Crippen LogP contribution in [-0.4, -0.2) is 27.1 Å². The molecular weight excluding hydrogens is 249 g/mol. The molecule has 0 unspecified atom stereocenters. The van der Waals surface area contributed by atoms with Crippen LogP contribution >= 0.6 is 0 Å². The number of allylic oxidation sites excluding steroid dienone is 1. The van der Waals surface area contributed by atoms with Gasteiger partial charge in [0.1, 0.15) is 5.76 Å². The first-order chi connectivity index (χ1) is 7.26. The lowest BCUT2D eigenvalue weighted by Crippen LogP contribution is -2.26. The highest BCUT2D eigenvalue weighted by Crippen LogP contribution is 2.30. The first-order valence-electron chi connectivity index (χ1n) is 4.49. The standard InChI is InChI=1S/C8H11F3O4S/c1-14-6-2-4-7(5-3-6)15-16(12,13)8(9,10)11/h4,6H,2-3,5H2,1H3/t6-/m0/s1. The van der Waals surface area contributed by atoms with E-state index in [0.29, 0.717) is 12.8 Å². The van der Waals surface area contributed by atoms with Gasteiger partial charge in [-0.15, -0.1) is 0 Å². The zero-order valence-electron chi connectivity index (χ0n) is 8.45. The molecule has 94 valence electrons. The Bertz CT molecular complexity index is 371. The first kappa shape index (κ1) is 13.3. The number of ether oxygens (including phenoxy) is 1. The van der Waals surface area contributed by atoms with E-state index in [4.69, 9.17) is 4.74 Å². The second-order valence-electron chi connectivity index (χ2n) is 3.29. The second kappa shape index (κ2) is 4.62. The van der Waals surface area contributed by atoms with E-state index in [1.165, 1.54) is 13.2 Å². The fourth-order valence-electron chi connectivity index (χ4n) is 1.26. The highest BCUT2D eigenvalue weighted by molar-refractivity contribution is 7.87. The summed E-state index contributed by atoms with van der Waals surface area (Å²) in [6.07, 6.45) is 2.12. The van der Waals surface area contributed by atoms with Crippen molar-refractivity contribution < 1.29 is 30.5 Å². The van der Waals surface area contributed by atoms with E-state index < -0.39 is 15.6 Å². The largest absolute Gasteiger partial charge is 0.534 e. The van der Waals surface area contributed by atoms with Crippen molar-refractivity contribution in [3.05, 3.63) is 11.8 Å². The number of alkyl halides is 3. The number of hydrogen-bond donors (Lipinski definition) is 0. The Labute approximate surface area is 91.2 Å². The molecule has 0 aromatic heterocycles. The summed E-state index contributed by atoms with van der Waals surface area (Å²) in [4.78, 5) is 0. The maximum Gasteiger partial charge on any atom is 0.534 e. The Kier molecular flexibility index (Phi) is 3.84. The van der Waals surface area contributed by atoms with Crippen molar-refractivity contribution >= 4 is 10.1 Å². The Morgan fingerprint density at radius 2 is 2.06 bits per heavy atom. The van der Waals surface area contributed by atoms with Crippen LogP contribution in [0.2, 0.25) is 0 Å². The number of halogens is 3. The van der Waals surface area contributed by atoms with Gasteiger partial charge in [-0.05, 0) is 18.9 Å². The zero-order chi connectivity index (χ0) is 12.4. The molecule has 1 atom stereocenters. The Hall–Kier alpha value is -0.760. The molecule has 0 aromatic carbocycles. The lowest BCUT2D eigenvalue weighted by atomic mass is 10.0. The molecule has 0 spiro atoms. The molecule has 0 aliphatic heterocycles. The smallest absolute Gasteiger partial charge is 0.381 e. The van der Waals surface area contributed by atoms with Crippen LogP contribution in [0.3, 0.4) is 0 Å². The minimum absolute atomic E-state index is 0.0964. The number of hydrogen-bond acceptors (Lipinski definition) is 4. The van der Waals surface area contributed by atoms with Crippen LogP contribution in [-0.2, 0) is 19.0 Å². The van der Waals surface area contributed by atoms with E-state index in [-0.39, 0.29) is 18.3 Å². The van der Waals surface area contributed by atoms with Gasteiger partial charge in [0.05, 0.1) is 6.10 Å². The molecule has 0 saturated heterocycles. The molecule has 1 rings (SSSR count). The molecule has 0 heterocycles. The normalized spacial score (nSPS) is 22.8. The number of methoxy groups -OCH3 is 1. The Morgan fingerprint density at radius 3 is 2.44 bits per heavy atom. The van der Waals surface area contributed by atoms with Gasteiger partial charge in [0.2, 0.25) is 0 Å². The van der Waals surface area contributed by atoms with Crippen molar-refractivity contribution in [1.29, 1.82) is 0 Å². The van der Waals surface area contributed by atoms with E-state index in [9.17, 15) is 21.6 Å². The summed E-state index contributed by atoms with van der Waals surface area (Å²) in [6.45, 7) is 0. The van der Waals surface area contributed by atoms with E-state index in [1.807, 2.05) is 0 Å². The first-order valence-corrected chi connectivity index (χ1v) is 5.89. The van der Waals surface area contributed by atoms with E-state index in [1.54, 1.807) is 0 Å². The summed E-state index contributed by atoms with van der Waals surface area (Å²) in [5, 5.41) is 0. The van der Waals surface area contributed by atoms with Gasteiger partial charge in [-0.3, -0.25) is 0 Å². The van der Waals surface area contributed by atoms with E-state index in [2.05, 4.69) is 4.18 Å². The Balaban J connectivity index is 2.67. The molecule has 0 fully saturated rings. The summed E-state index contributed by atoms with van der Waals surface area (Å²) in [5.74, 6) is -0.175. The SMILES string of the molecule is CO[C@H]1CC=C(OS(=O)(=O)C(F)(F)F)CC1. The minimum Gasteiger partial charge on any atom is -0.381 e. The molecule has 4 nitrogen and oxygen atoms in total. The molecular formula is C8H11F3O4S. The summed E-state index contributed by atoms with van der Waals surface area (Å²) in [6, 6.07) is 0. The van der Waals surface area contributed by atoms with Crippen LogP contribution in [0.5, 0.6) is 0 Å². The van der Waals surface area contributed by atoms with Crippen molar-refractivity contribution in [3.63, 3.8) is 0 Å². The maximum atomic E-state index is 12.0. The summed E-state index contributed by atoms with van der Waals surface area (Å²) >= 11 is 0. The predicted octanol–water partition coefficient (Wildman–Crippen LogP) is 1.94. The van der Waals surface area contributed by atoms with Gasteiger partial charge in [-0.25, -0.2) is 0 Å². The quantitative estimate of drug-likeness (QED) is 0.574. The number of rotatable bonds is 3. The molecule has 1 aliphatic rings. The second-order valence-corrected chi connectivity index (χ2v) is 4.82. The topological polar surface area (TPSA) is 52.6 Å². The highest BCUT2D eigenvalue weighted by atomic mass is 32.2. The average Bonchev–Trinajstić information content (AvgIpc) is 2.16. The highest BCUT2D eigenvalue weighted by Gasteiger charge is 2.48. The van der Waals surface area contributed by atoms with Crippen LogP contribution in [0.15, 0.2) is 11.8 Å². The van der Waals surface area contributed by atoms with Crippen LogP contribution < -0.4 is 0 Å². The van der Waals surface area contributed by atoms with Crippen molar-refractivity contribution in [3.8, 4) is 0 Å². The van der Waals surface area contributed by atoms with Crippen LogP contribution in [0.1, 0.15) is 19.3 Å². The molecule has 0 N–H and O–H groups in total. The lowest BCUT2D eigenvalue weighted by Gasteiger charge is -2.20. The van der Waals surface area contributed by atoms with Gasteiger partial charge in [-0.2, -0.15) is 21.6 Å². The van der Waals surface area contributed by atoms with Crippen molar-refractivity contribution in [2.24, 2.45) is 0 Å². The Morgan fingerprint density at radius 1 is 1.44 bits per heavy atom. The van der Waals surface area contributed by atoms with Gasteiger partial charge in [-0.1, -0.05) is 0 Å². The fourth-order valence-corrected chi connectivity index (χ4v) is 1.79. The molecule has 0 radical (unpaired) electrons. The maximum absolute atomic E-state index is 12.0. The van der Waals surface area contributed by atoms with Crippen LogP contribution in [0, 0.1) is 0 Å². The third-order valence-corrected chi connectivity index (χ3v) is 3.16. The summed E-state index contributed by atoms with van der Waals surface area (Å²) in [7, 11) is -4.05. The fraction of sp³-hybridized carbons (Fsp3) is 0.750. The zero-order valence-corrected chi connectivity index (χ0v) is 9.27. The molecule has 0 amide bonds. The van der Waals surface area contributed by atoms with Crippen molar-refractivity contribution in [2.45, 2.75) is 30.9 Å². The monoisotopic (exact) mass is 260 g/mol. The average molecular weight is 260 g/mol. The lowest BCUT2D eigenvalue weighted by molar-refractivity contribution is -0.0525. The molecule has 0 saturated carbocycles. The summed E-state index contributed by atoms with van der Waals surface area (Å²) in [5.41, 5.74) is -5.38. The van der Waals surface area contributed by atoms with Crippen LogP contribution in [0.25, 0.3) is 0 Å². The van der Waals surface area contributed by atoms with Crippen molar-refractivity contribution in [1.82, 2.24) is 0 Å². The van der Waals surface area contributed by atoms with Gasteiger partial charge >= 0.3 is 15.6 Å². The van der Waals surface area contributed by atoms with Gasteiger partial charge < -0.3 is 8.92 Å². The van der Waals surface area contributed by atoms with Gasteiger partial charge in [0.15, 0.2) is 0 Å². The molecule has 8 heteroatoms. The van der Waals surface area contributed by atoms with Gasteiger partial charge in [0.25, 0.3) is 0 Å². The molecule has 0 aromatic rings. The third-order valence-electron chi connectivity index (χ3n) is 2.15. The van der Waals surface area contributed by atoms with E-state index in [0.717, 1.165) is 0 Å². The van der Waals surface area contributed by atoms with E-state index >= 15 is 0 Å². The van der Waals surface area contributed by atoms with Crippen LogP contribution in [0.4, 0.5) is 13.2 Å². The molecule has 0 bridgehead atoms.